The SMILES string of the molecule is Cc1nc2ccc(NC(=O)c3ccc(S(=O)(=O)N(C)CC4CCCO4)cc3)cc2s1. The highest BCUT2D eigenvalue weighted by Crippen LogP contribution is 2.25. The number of likely N-dealkylation sites (N-methyl/N-ethyl adjacent to an activating group) is 1. The first kappa shape index (κ1) is 20.9. The highest BCUT2D eigenvalue weighted by molar-refractivity contribution is 7.89. The molecule has 4 rings (SSSR count). The Morgan fingerprint density at radius 1 is 1.27 bits per heavy atom. The van der Waals surface area contributed by atoms with Crippen molar-refractivity contribution in [2.24, 2.45) is 0 Å². The monoisotopic (exact) mass is 445 g/mol. The zero-order valence-electron chi connectivity index (χ0n) is 16.8. The lowest BCUT2D eigenvalue weighted by atomic mass is 10.2. The van der Waals surface area contributed by atoms with Crippen molar-refractivity contribution in [3.63, 3.8) is 0 Å². The van der Waals surface area contributed by atoms with Crippen molar-refractivity contribution in [3.8, 4) is 0 Å². The molecule has 1 aliphatic heterocycles. The summed E-state index contributed by atoms with van der Waals surface area (Å²) < 4.78 is 33.4. The maximum atomic E-state index is 12.8. The predicted octanol–water partition coefficient (Wildman–Crippen LogP) is 3.66. The van der Waals surface area contributed by atoms with Crippen LogP contribution in [0.4, 0.5) is 5.69 Å². The number of nitrogens with zero attached hydrogens (tertiary/aromatic N) is 2. The summed E-state index contributed by atoms with van der Waals surface area (Å²) in [5.74, 6) is -0.299. The van der Waals surface area contributed by atoms with Gasteiger partial charge in [-0.2, -0.15) is 4.31 Å². The van der Waals surface area contributed by atoms with E-state index in [9.17, 15) is 13.2 Å². The molecular weight excluding hydrogens is 422 g/mol. The van der Waals surface area contributed by atoms with Crippen LogP contribution in [-0.4, -0.2) is 49.9 Å². The van der Waals surface area contributed by atoms with E-state index in [4.69, 9.17) is 4.74 Å². The smallest absolute Gasteiger partial charge is 0.255 e. The lowest BCUT2D eigenvalue weighted by molar-refractivity contribution is 0.0979. The molecule has 30 heavy (non-hydrogen) atoms. The highest BCUT2D eigenvalue weighted by atomic mass is 32.2. The molecule has 158 valence electrons. The maximum absolute atomic E-state index is 12.8. The lowest BCUT2D eigenvalue weighted by Crippen LogP contribution is -2.34. The second-order valence-electron chi connectivity index (χ2n) is 7.31. The minimum Gasteiger partial charge on any atom is -0.377 e. The zero-order valence-corrected chi connectivity index (χ0v) is 18.4. The van der Waals surface area contributed by atoms with Gasteiger partial charge in [-0.1, -0.05) is 0 Å². The van der Waals surface area contributed by atoms with Crippen molar-refractivity contribution in [1.29, 1.82) is 0 Å². The fraction of sp³-hybridized carbons (Fsp3) is 0.333. The molecule has 2 aromatic carbocycles. The molecule has 1 fully saturated rings. The van der Waals surface area contributed by atoms with Gasteiger partial charge in [0.15, 0.2) is 0 Å². The van der Waals surface area contributed by atoms with E-state index in [0.717, 1.165) is 28.1 Å². The van der Waals surface area contributed by atoms with E-state index in [1.165, 1.54) is 28.6 Å². The Bertz CT molecular complexity index is 1170. The maximum Gasteiger partial charge on any atom is 0.255 e. The van der Waals surface area contributed by atoms with Gasteiger partial charge in [0.2, 0.25) is 10.0 Å². The summed E-state index contributed by atoms with van der Waals surface area (Å²) in [6, 6.07) is 11.5. The zero-order chi connectivity index (χ0) is 21.3. The average Bonchev–Trinajstić information content (AvgIpc) is 3.36. The van der Waals surface area contributed by atoms with Gasteiger partial charge in [-0.25, -0.2) is 13.4 Å². The van der Waals surface area contributed by atoms with Crippen LogP contribution in [0.1, 0.15) is 28.2 Å². The molecule has 1 amide bonds. The molecular formula is C21H23N3O4S2. The Labute approximate surface area is 179 Å². The molecule has 1 saturated heterocycles. The number of benzene rings is 2. The van der Waals surface area contributed by atoms with E-state index in [2.05, 4.69) is 10.3 Å². The van der Waals surface area contributed by atoms with Crippen LogP contribution in [0.5, 0.6) is 0 Å². The molecule has 7 nitrogen and oxygen atoms in total. The largest absolute Gasteiger partial charge is 0.377 e. The molecule has 0 bridgehead atoms. The number of ether oxygens (including phenoxy) is 1. The molecule has 1 N–H and O–H groups in total. The van der Waals surface area contributed by atoms with Gasteiger partial charge in [0, 0.05) is 31.5 Å². The van der Waals surface area contributed by atoms with Crippen LogP contribution in [0, 0.1) is 6.92 Å². The second kappa shape index (κ2) is 8.43. The normalized spacial score (nSPS) is 17.0. The first-order chi connectivity index (χ1) is 14.3. The minimum absolute atomic E-state index is 0.0607. The van der Waals surface area contributed by atoms with E-state index in [1.807, 2.05) is 19.1 Å². The van der Waals surface area contributed by atoms with Crippen LogP contribution >= 0.6 is 11.3 Å². The number of rotatable bonds is 6. The van der Waals surface area contributed by atoms with Gasteiger partial charge in [-0.05, 0) is 62.2 Å². The Morgan fingerprint density at radius 2 is 2.03 bits per heavy atom. The lowest BCUT2D eigenvalue weighted by Gasteiger charge is -2.20. The molecule has 0 radical (unpaired) electrons. The van der Waals surface area contributed by atoms with Gasteiger partial charge in [0.1, 0.15) is 0 Å². The van der Waals surface area contributed by atoms with Crippen LogP contribution < -0.4 is 5.32 Å². The summed E-state index contributed by atoms with van der Waals surface area (Å²) in [5, 5.41) is 3.82. The van der Waals surface area contributed by atoms with Crippen LogP contribution in [-0.2, 0) is 14.8 Å². The number of hydrogen-bond donors (Lipinski definition) is 1. The quantitative estimate of drug-likeness (QED) is 0.626. The molecule has 0 aliphatic carbocycles. The number of amides is 1. The number of carbonyl (C=O) groups is 1. The van der Waals surface area contributed by atoms with Gasteiger partial charge in [-0.15, -0.1) is 11.3 Å². The van der Waals surface area contributed by atoms with Crippen LogP contribution in [0.3, 0.4) is 0 Å². The number of aryl methyl sites for hydroxylation is 1. The number of nitrogens with one attached hydrogen (secondary N) is 1. The van der Waals surface area contributed by atoms with Crippen molar-refractivity contribution < 1.29 is 17.9 Å². The average molecular weight is 446 g/mol. The summed E-state index contributed by atoms with van der Waals surface area (Å²) in [7, 11) is -2.08. The summed E-state index contributed by atoms with van der Waals surface area (Å²) in [5.41, 5.74) is 1.96. The molecule has 1 aliphatic rings. The molecule has 1 atom stereocenters. The van der Waals surface area contributed by atoms with E-state index in [1.54, 1.807) is 24.5 Å². The molecule has 1 aromatic heterocycles. The number of fused-ring (bicyclic) bond motifs is 1. The number of aromatic nitrogens is 1. The Balaban J connectivity index is 1.45. The molecule has 1 unspecified atom stereocenters. The molecule has 3 aromatic rings. The van der Waals surface area contributed by atoms with Crippen LogP contribution in [0.25, 0.3) is 10.2 Å². The highest BCUT2D eigenvalue weighted by Gasteiger charge is 2.26. The summed E-state index contributed by atoms with van der Waals surface area (Å²) in [6.45, 7) is 2.94. The van der Waals surface area contributed by atoms with Crippen LogP contribution in [0.15, 0.2) is 47.4 Å². The fourth-order valence-corrected chi connectivity index (χ4v) is 5.52. The topological polar surface area (TPSA) is 88.6 Å². The molecule has 2 heterocycles. The number of hydrogen-bond acceptors (Lipinski definition) is 6. The van der Waals surface area contributed by atoms with Crippen molar-refractivity contribution in [2.75, 3.05) is 25.5 Å². The van der Waals surface area contributed by atoms with Crippen molar-refractivity contribution in [2.45, 2.75) is 30.8 Å². The van der Waals surface area contributed by atoms with E-state index >= 15 is 0 Å². The third kappa shape index (κ3) is 4.39. The number of sulfonamides is 1. The number of anilines is 1. The summed E-state index contributed by atoms with van der Waals surface area (Å²) >= 11 is 1.56. The first-order valence-electron chi connectivity index (χ1n) is 9.69. The van der Waals surface area contributed by atoms with Crippen molar-refractivity contribution >= 4 is 43.2 Å². The molecule has 0 saturated carbocycles. The van der Waals surface area contributed by atoms with Crippen molar-refractivity contribution in [3.05, 3.63) is 53.0 Å². The first-order valence-corrected chi connectivity index (χ1v) is 11.9. The van der Waals surface area contributed by atoms with Gasteiger partial charge >= 0.3 is 0 Å². The Morgan fingerprint density at radius 3 is 2.73 bits per heavy atom. The Kier molecular flexibility index (Phi) is 5.88. The van der Waals surface area contributed by atoms with Gasteiger partial charge < -0.3 is 10.1 Å². The van der Waals surface area contributed by atoms with Crippen molar-refractivity contribution in [1.82, 2.24) is 9.29 Å². The van der Waals surface area contributed by atoms with Gasteiger partial charge in [0.25, 0.3) is 5.91 Å². The predicted molar refractivity (Wildman–Crippen MR) is 118 cm³/mol. The van der Waals surface area contributed by atoms with E-state index in [-0.39, 0.29) is 16.9 Å². The second-order valence-corrected chi connectivity index (χ2v) is 10.6. The van der Waals surface area contributed by atoms with E-state index < -0.39 is 10.0 Å². The van der Waals surface area contributed by atoms with Crippen LogP contribution in [0.2, 0.25) is 0 Å². The van der Waals surface area contributed by atoms with Gasteiger partial charge in [0.05, 0.1) is 26.2 Å². The Hall–Kier alpha value is -2.33. The summed E-state index contributed by atoms with van der Waals surface area (Å²) in [6.07, 6.45) is 1.76. The number of thiazole rings is 1. The fourth-order valence-electron chi connectivity index (χ4n) is 3.45. The third-order valence-electron chi connectivity index (χ3n) is 5.06. The third-order valence-corrected chi connectivity index (χ3v) is 7.83. The van der Waals surface area contributed by atoms with Gasteiger partial charge in [-0.3, -0.25) is 4.79 Å². The molecule has 9 heteroatoms. The summed E-state index contributed by atoms with van der Waals surface area (Å²) in [4.78, 5) is 17.1. The van der Waals surface area contributed by atoms with E-state index in [0.29, 0.717) is 24.4 Å². The molecule has 0 spiro atoms. The standard InChI is InChI=1S/C21H23N3O4S2/c1-14-22-19-10-7-16(12-20(19)29-14)23-21(25)15-5-8-18(9-6-15)30(26,27)24(2)13-17-4-3-11-28-17/h5-10,12,17H,3-4,11,13H2,1-2H3,(H,23,25). The number of carbonyl (C=O) groups excluding carboxylic acids is 1. The minimum atomic E-state index is -3.63.